The summed E-state index contributed by atoms with van der Waals surface area (Å²) in [5, 5.41) is 8.88. The van der Waals surface area contributed by atoms with Crippen LogP contribution in [0.3, 0.4) is 0 Å². The fourth-order valence-corrected chi connectivity index (χ4v) is 1.52. The lowest BCUT2D eigenvalue weighted by molar-refractivity contribution is -0.132. The van der Waals surface area contributed by atoms with E-state index in [1.807, 2.05) is 32.0 Å². The van der Waals surface area contributed by atoms with Crippen molar-refractivity contribution in [3.05, 3.63) is 39.4 Å². The largest absolute Gasteiger partial charge is 0.478 e. The van der Waals surface area contributed by atoms with E-state index in [4.69, 9.17) is 5.11 Å². The molecule has 0 saturated carbocycles. The molecule has 1 aromatic rings. The first-order chi connectivity index (χ1) is 7.04. The molecule has 0 aliphatic rings. The highest BCUT2D eigenvalue weighted by Crippen LogP contribution is 2.19. The van der Waals surface area contributed by atoms with Crippen LogP contribution in [0, 0.1) is 6.92 Å². The number of rotatable bonds is 3. The maximum absolute atomic E-state index is 10.8. The molecular weight excluding hydrogens is 256 g/mol. The van der Waals surface area contributed by atoms with Crippen molar-refractivity contribution in [2.75, 3.05) is 0 Å². The second-order valence-corrected chi connectivity index (χ2v) is 4.19. The van der Waals surface area contributed by atoms with E-state index < -0.39 is 5.97 Å². The number of aliphatic carboxylic acids is 1. The maximum Gasteiger partial charge on any atom is 0.331 e. The highest BCUT2D eigenvalue weighted by atomic mass is 79.9. The second kappa shape index (κ2) is 5.12. The second-order valence-electron chi connectivity index (χ2n) is 3.34. The van der Waals surface area contributed by atoms with E-state index in [1.165, 1.54) is 0 Å². The van der Waals surface area contributed by atoms with E-state index in [1.54, 1.807) is 6.08 Å². The average Bonchev–Trinajstić information content (AvgIpc) is 2.19. The molecule has 3 heteroatoms. The van der Waals surface area contributed by atoms with Crippen LogP contribution < -0.4 is 0 Å². The quantitative estimate of drug-likeness (QED) is 0.850. The highest BCUT2D eigenvalue weighted by molar-refractivity contribution is 9.10. The van der Waals surface area contributed by atoms with Gasteiger partial charge in [-0.05, 0) is 36.6 Å². The van der Waals surface area contributed by atoms with Gasteiger partial charge in [0, 0.05) is 10.0 Å². The lowest BCUT2D eigenvalue weighted by atomic mass is 10.1. The Kier molecular flexibility index (Phi) is 4.09. The summed E-state index contributed by atoms with van der Waals surface area (Å²) < 4.78 is 1.04. The van der Waals surface area contributed by atoms with Crippen LogP contribution in [0.1, 0.15) is 24.5 Å². The number of benzene rings is 1. The Labute approximate surface area is 97.8 Å². The average molecular weight is 269 g/mol. The van der Waals surface area contributed by atoms with Crippen LogP contribution in [0.5, 0.6) is 0 Å². The summed E-state index contributed by atoms with van der Waals surface area (Å²) in [7, 11) is 0. The van der Waals surface area contributed by atoms with Crippen LogP contribution in [0.15, 0.2) is 28.2 Å². The van der Waals surface area contributed by atoms with Gasteiger partial charge in [0.05, 0.1) is 0 Å². The monoisotopic (exact) mass is 268 g/mol. The van der Waals surface area contributed by atoms with E-state index >= 15 is 0 Å². The van der Waals surface area contributed by atoms with Gasteiger partial charge < -0.3 is 5.11 Å². The van der Waals surface area contributed by atoms with Gasteiger partial charge in [-0.1, -0.05) is 35.0 Å². The molecule has 0 spiro atoms. The van der Waals surface area contributed by atoms with Crippen LogP contribution >= 0.6 is 15.9 Å². The summed E-state index contributed by atoms with van der Waals surface area (Å²) in [6.45, 7) is 3.82. The highest BCUT2D eigenvalue weighted by Gasteiger charge is 2.04. The van der Waals surface area contributed by atoms with Crippen molar-refractivity contribution in [3.63, 3.8) is 0 Å². The summed E-state index contributed by atoms with van der Waals surface area (Å²) in [6, 6.07) is 5.79. The summed E-state index contributed by atoms with van der Waals surface area (Å²) in [4.78, 5) is 10.8. The molecule has 1 N–H and O–H groups in total. The Hall–Kier alpha value is -1.09. The first-order valence-electron chi connectivity index (χ1n) is 4.74. The Morgan fingerprint density at radius 2 is 2.20 bits per heavy atom. The maximum atomic E-state index is 10.8. The predicted octanol–water partition coefficient (Wildman–Crippen LogP) is 3.64. The van der Waals surface area contributed by atoms with Gasteiger partial charge in [-0.25, -0.2) is 4.79 Å². The van der Waals surface area contributed by atoms with Crippen molar-refractivity contribution in [3.8, 4) is 0 Å². The third-order valence-corrected chi connectivity index (χ3v) is 3.07. The molecule has 1 aromatic carbocycles. The normalized spacial score (nSPS) is 11.5. The lowest BCUT2D eigenvalue weighted by Crippen LogP contribution is -1.98. The molecular formula is C12H13BrO2. The number of carboxylic acid groups (broad SMARTS) is 1. The Bertz CT molecular complexity index is 408. The summed E-state index contributed by atoms with van der Waals surface area (Å²) in [6.07, 6.45) is 2.24. The molecule has 0 bridgehead atoms. The first-order valence-corrected chi connectivity index (χ1v) is 5.54. The molecule has 15 heavy (non-hydrogen) atoms. The standard InChI is InChI=1S/C12H13BrO2/c1-3-10(12(14)15)7-9-4-5-11(13)8(2)6-9/h4-7H,3H2,1-2H3,(H,14,15)/b10-7+. The van der Waals surface area contributed by atoms with Crippen molar-refractivity contribution < 1.29 is 9.90 Å². The number of carbonyl (C=O) groups is 1. The number of hydrogen-bond donors (Lipinski definition) is 1. The molecule has 80 valence electrons. The van der Waals surface area contributed by atoms with E-state index in [9.17, 15) is 4.79 Å². The Morgan fingerprint density at radius 1 is 1.53 bits per heavy atom. The molecule has 0 heterocycles. The zero-order valence-electron chi connectivity index (χ0n) is 8.75. The predicted molar refractivity (Wildman–Crippen MR) is 64.8 cm³/mol. The Balaban J connectivity index is 3.07. The fourth-order valence-electron chi connectivity index (χ4n) is 1.27. The molecule has 0 fully saturated rings. The van der Waals surface area contributed by atoms with Gasteiger partial charge in [-0.2, -0.15) is 0 Å². The van der Waals surface area contributed by atoms with Gasteiger partial charge in [0.2, 0.25) is 0 Å². The third-order valence-electron chi connectivity index (χ3n) is 2.18. The summed E-state index contributed by atoms with van der Waals surface area (Å²) >= 11 is 3.40. The smallest absolute Gasteiger partial charge is 0.331 e. The van der Waals surface area contributed by atoms with Crippen LogP contribution in [0.25, 0.3) is 6.08 Å². The van der Waals surface area contributed by atoms with Gasteiger partial charge in [0.1, 0.15) is 0 Å². The van der Waals surface area contributed by atoms with Crippen molar-refractivity contribution >= 4 is 28.0 Å². The topological polar surface area (TPSA) is 37.3 Å². The first kappa shape index (κ1) is 12.0. The molecule has 0 saturated heterocycles. The molecule has 0 aromatic heterocycles. The van der Waals surface area contributed by atoms with Gasteiger partial charge in [0.25, 0.3) is 0 Å². The Morgan fingerprint density at radius 3 is 2.67 bits per heavy atom. The number of halogens is 1. The number of carboxylic acids is 1. The van der Waals surface area contributed by atoms with Crippen molar-refractivity contribution in [2.24, 2.45) is 0 Å². The van der Waals surface area contributed by atoms with Crippen LogP contribution in [0.4, 0.5) is 0 Å². The summed E-state index contributed by atoms with van der Waals surface area (Å²) in [5.74, 6) is -0.849. The molecule has 0 amide bonds. The molecule has 0 radical (unpaired) electrons. The number of aryl methyl sites for hydroxylation is 1. The van der Waals surface area contributed by atoms with E-state index in [0.717, 1.165) is 15.6 Å². The van der Waals surface area contributed by atoms with Crippen molar-refractivity contribution in [2.45, 2.75) is 20.3 Å². The van der Waals surface area contributed by atoms with Crippen LogP contribution in [-0.4, -0.2) is 11.1 Å². The van der Waals surface area contributed by atoms with Gasteiger partial charge in [-0.15, -0.1) is 0 Å². The SMILES string of the molecule is CC/C(=C\c1ccc(Br)c(C)c1)C(=O)O. The van der Waals surface area contributed by atoms with Gasteiger partial charge in [0.15, 0.2) is 0 Å². The van der Waals surface area contributed by atoms with Gasteiger partial charge in [-0.3, -0.25) is 0 Å². The molecule has 0 unspecified atom stereocenters. The minimum absolute atomic E-state index is 0.428. The molecule has 2 nitrogen and oxygen atoms in total. The zero-order chi connectivity index (χ0) is 11.4. The molecule has 0 aliphatic carbocycles. The fraction of sp³-hybridized carbons (Fsp3) is 0.250. The van der Waals surface area contributed by atoms with Gasteiger partial charge >= 0.3 is 5.97 Å². The van der Waals surface area contributed by atoms with Crippen molar-refractivity contribution in [1.29, 1.82) is 0 Å². The van der Waals surface area contributed by atoms with E-state index in [0.29, 0.717) is 12.0 Å². The van der Waals surface area contributed by atoms with E-state index in [-0.39, 0.29) is 0 Å². The molecule has 0 atom stereocenters. The number of hydrogen-bond acceptors (Lipinski definition) is 1. The molecule has 1 rings (SSSR count). The van der Waals surface area contributed by atoms with Crippen LogP contribution in [-0.2, 0) is 4.79 Å². The summed E-state index contributed by atoms with van der Waals surface area (Å²) in [5.41, 5.74) is 2.45. The zero-order valence-corrected chi connectivity index (χ0v) is 10.3. The third kappa shape index (κ3) is 3.20. The minimum atomic E-state index is -0.849. The van der Waals surface area contributed by atoms with E-state index in [2.05, 4.69) is 15.9 Å². The minimum Gasteiger partial charge on any atom is -0.478 e. The molecule has 0 aliphatic heterocycles. The van der Waals surface area contributed by atoms with Crippen LogP contribution in [0.2, 0.25) is 0 Å². The van der Waals surface area contributed by atoms with Crippen molar-refractivity contribution in [1.82, 2.24) is 0 Å². The lowest BCUT2D eigenvalue weighted by Gasteiger charge is -2.01.